The smallest absolute Gasteiger partial charge is 0.317 e. The van der Waals surface area contributed by atoms with Crippen LogP contribution in [0, 0.1) is 11.7 Å². The molecule has 1 aromatic rings. The maximum absolute atomic E-state index is 13.5. The largest absolute Gasteiger partial charge is 0.481 e. The molecule has 0 aliphatic heterocycles. The van der Waals surface area contributed by atoms with E-state index < -0.39 is 11.9 Å². The van der Waals surface area contributed by atoms with Gasteiger partial charge in [-0.05, 0) is 30.2 Å². The summed E-state index contributed by atoms with van der Waals surface area (Å²) in [7, 11) is 1.53. The maximum Gasteiger partial charge on any atom is 0.317 e. The fourth-order valence-electron chi connectivity index (χ4n) is 2.03. The number of benzene rings is 1. The first-order chi connectivity index (χ1) is 10.2. The van der Waals surface area contributed by atoms with Crippen molar-refractivity contribution in [2.75, 3.05) is 13.6 Å². The lowest BCUT2D eigenvalue weighted by molar-refractivity contribution is -0.141. The fraction of sp³-hybridized carbons (Fsp3) is 0.467. The average molecular weight is 375 g/mol. The van der Waals surface area contributed by atoms with Gasteiger partial charge >= 0.3 is 12.0 Å². The molecule has 22 heavy (non-hydrogen) atoms. The Morgan fingerprint density at radius 3 is 2.55 bits per heavy atom. The van der Waals surface area contributed by atoms with Crippen LogP contribution in [-0.2, 0) is 4.79 Å². The average Bonchev–Trinajstić information content (AvgIpc) is 2.42. The molecule has 2 amide bonds. The van der Waals surface area contributed by atoms with Crippen molar-refractivity contribution in [1.29, 1.82) is 0 Å². The van der Waals surface area contributed by atoms with Crippen LogP contribution in [0.4, 0.5) is 9.18 Å². The second-order valence-electron chi connectivity index (χ2n) is 5.23. The lowest BCUT2D eigenvalue weighted by atomic mass is 10.0. The number of urea groups is 1. The molecule has 2 atom stereocenters. The number of nitrogens with one attached hydrogen (secondary N) is 1. The van der Waals surface area contributed by atoms with Gasteiger partial charge in [-0.2, -0.15) is 0 Å². The van der Waals surface area contributed by atoms with Crippen LogP contribution >= 0.6 is 15.9 Å². The van der Waals surface area contributed by atoms with Crippen LogP contribution in [0.3, 0.4) is 0 Å². The van der Waals surface area contributed by atoms with E-state index in [-0.39, 0.29) is 24.4 Å². The van der Waals surface area contributed by atoms with Crippen LogP contribution in [0.2, 0.25) is 0 Å². The minimum absolute atomic E-state index is 0.102. The third-order valence-electron chi connectivity index (χ3n) is 3.31. The molecule has 1 rings (SSSR count). The minimum atomic E-state index is -0.958. The second-order valence-corrected chi connectivity index (χ2v) is 6.15. The van der Waals surface area contributed by atoms with Gasteiger partial charge in [0.1, 0.15) is 5.82 Å². The number of halogens is 2. The highest BCUT2D eigenvalue weighted by Gasteiger charge is 2.20. The lowest BCUT2D eigenvalue weighted by Gasteiger charge is -2.24. The third kappa shape index (κ3) is 5.29. The lowest BCUT2D eigenvalue weighted by Crippen LogP contribution is -2.42. The minimum Gasteiger partial charge on any atom is -0.481 e. The van der Waals surface area contributed by atoms with Gasteiger partial charge in [-0.25, -0.2) is 9.18 Å². The number of aliphatic carboxylic acids is 1. The van der Waals surface area contributed by atoms with Crippen LogP contribution < -0.4 is 5.32 Å². The zero-order valence-corrected chi connectivity index (χ0v) is 14.4. The predicted molar refractivity (Wildman–Crippen MR) is 85.1 cm³/mol. The van der Waals surface area contributed by atoms with Gasteiger partial charge in [0.2, 0.25) is 0 Å². The normalized spacial score (nSPS) is 13.3. The number of nitrogens with zero attached hydrogens (tertiary/aromatic N) is 1. The van der Waals surface area contributed by atoms with Gasteiger partial charge in [-0.15, -0.1) is 0 Å². The number of carbonyl (C=O) groups excluding carboxylic acids is 1. The number of carboxylic acids is 1. The van der Waals surface area contributed by atoms with Crippen molar-refractivity contribution in [2.24, 2.45) is 5.92 Å². The number of carbonyl (C=O) groups is 2. The van der Waals surface area contributed by atoms with Crippen molar-refractivity contribution in [2.45, 2.75) is 26.3 Å². The van der Waals surface area contributed by atoms with Gasteiger partial charge in [0.15, 0.2) is 0 Å². The van der Waals surface area contributed by atoms with Gasteiger partial charge in [0.25, 0.3) is 0 Å². The molecule has 0 bridgehead atoms. The van der Waals surface area contributed by atoms with E-state index >= 15 is 0 Å². The molecule has 2 unspecified atom stereocenters. The fourth-order valence-corrected chi connectivity index (χ4v) is 2.51. The molecule has 0 heterocycles. The molecule has 0 radical (unpaired) electrons. The molecule has 0 aliphatic carbocycles. The van der Waals surface area contributed by atoms with E-state index in [1.165, 1.54) is 31.0 Å². The Morgan fingerprint density at radius 1 is 1.41 bits per heavy atom. The summed E-state index contributed by atoms with van der Waals surface area (Å²) in [6.07, 6.45) is 0.587. The molecule has 5 nitrogen and oxygen atoms in total. The molecule has 1 aromatic carbocycles. The Balaban J connectivity index is 2.76. The number of hydrogen-bond acceptors (Lipinski definition) is 2. The van der Waals surface area contributed by atoms with E-state index in [1.807, 2.05) is 6.92 Å². The highest BCUT2D eigenvalue weighted by molar-refractivity contribution is 9.10. The molecule has 0 aliphatic rings. The molecule has 0 spiro atoms. The zero-order valence-electron chi connectivity index (χ0n) is 12.8. The summed E-state index contributed by atoms with van der Waals surface area (Å²) in [6, 6.07) is 3.73. The molecular weight excluding hydrogens is 355 g/mol. The molecule has 122 valence electrons. The topological polar surface area (TPSA) is 69.6 Å². The second kappa shape index (κ2) is 8.12. The Labute approximate surface area is 137 Å². The van der Waals surface area contributed by atoms with E-state index in [0.717, 1.165) is 0 Å². The van der Waals surface area contributed by atoms with Crippen LogP contribution in [0.15, 0.2) is 22.7 Å². The quantitative estimate of drug-likeness (QED) is 0.801. The van der Waals surface area contributed by atoms with Crippen LogP contribution in [-0.4, -0.2) is 35.6 Å². The number of amides is 2. The Hall–Kier alpha value is -1.63. The van der Waals surface area contributed by atoms with Gasteiger partial charge < -0.3 is 15.3 Å². The van der Waals surface area contributed by atoms with E-state index in [2.05, 4.69) is 21.2 Å². The van der Waals surface area contributed by atoms with Crippen molar-refractivity contribution in [3.8, 4) is 0 Å². The number of rotatable bonds is 6. The molecule has 0 saturated carbocycles. The van der Waals surface area contributed by atoms with Crippen molar-refractivity contribution < 1.29 is 19.1 Å². The highest BCUT2D eigenvalue weighted by Crippen LogP contribution is 2.22. The van der Waals surface area contributed by atoms with Crippen molar-refractivity contribution in [3.63, 3.8) is 0 Å². The first-order valence-electron chi connectivity index (χ1n) is 6.95. The zero-order chi connectivity index (χ0) is 16.9. The van der Waals surface area contributed by atoms with Crippen LogP contribution in [0.25, 0.3) is 0 Å². The van der Waals surface area contributed by atoms with E-state index in [0.29, 0.717) is 16.5 Å². The molecule has 2 N–H and O–H groups in total. The standard InChI is InChI=1S/C15H20BrFN2O3/c1-4-13(10-5-11(16)7-12(17)6-10)18-15(22)19(3)8-9(2)14(20)21/h5-7,9,13H,4,8H2,1-3H3,(H,18,22)(H,20,21). The Morgan fingerprint density at radius 2 is 2.05 bits per heavy atom. The van der Waals surface area contributed by atoms with Gasteiger partial charge in [-0.3, -0.25) is 4.79 Å². The van der Waals surface area contributed by atoms with Crippen molar-refractivity contribution in [1.82, 2.24) is 10.2 Å². The predicted octanol–water partition coefficient (Wildman–Crippen LogP) is 3.40. The summed E-state index contributed by atoms with van der Waals surface area (Å²) in [6.45, 7) is 3.52. The maximum atomic E-state index is 13.5. The summed E-state index contributed by atoms with van der Waals surface area (Å²) in [5.41, 5.74) is 0.655. The highest BCUT2D eigenvalue weighted by atomic mass is 79.9. The van der Waals surface area contributed by atoms with Crippen LogP contribution in [0.1, 0.15) is 31.9 Å². The summed E-state index contributed by atoms with van der Waals surface area (Å²) in [4.78, 5) is 24.3. The molecule has 0 saturated heterocycles. The van der Waals surface area contributed by atoms with Gasteiger partial charge in [-0.1, -0.05) is 29.8 Å². The van der Waals surface area contributed by atoms with Crippen LogP contribution in [0.5, 0.6) is 0 Å². The SMILES string of the molecule is CCC(NC(=O)N(C)CC(C)C(=O)O)c1cc(F)cc(Br)c1. The molecular formula is C15H20BrFN2O3. The summed E-state index contributed by atoms with van der Waals surface area (Å²) >= 11 is 3.23. The Kier molecular flexibility index (Phi) is 6.80. The summed E-state index contributed by atoms with van der Waals surface area (Å²) in [5.74, 6) is -2.00. The number of carboxylic acid groups (broad SMARTS) is 1. The molecule has 7 heteroatoms. The van der Waals surface area contributed by atoms with Gasteiger partial charge in [0.05, 0.1) is 12.0 Å². The number of hydrogen-bond donors (Lipinski definition) is 2. The first-order valence-corrected chi connectivity index (χ1v) is 7.74. The summed E-state index contributed by atoms with van der Waals surface area (Å²) in [5, 5.41) is 11.7. The monoisotopic (exact) mass is 374 g/mol. The summed E-state index contributed by atoms with van der Waals surface area (Å²) < 4.78 is 14.1. The van der Waals surface area contributed by atoms with Crippen molar-refractivity contribution in [3.05, 3.63) is 34.1 Å². The van der Waals surface area contributed by atoms with Crippen molar-refractivity contribution >= 4 is 27.9 Å². The van der Waals surface area contributed by atoms with E-state index in [1.54, 1.807) is 6.07 Å². The van der Waals surface area contributed by atoms with E-state index in [9.17, 15) is 14.0 Å². The van der Waals surface area contributed by atoms with Gasteiger partial charge in [0, 0.05) is 18.1 Å². The van der Waals surface area contributed by atoms with E-state index in [4.69, 9.17) is 5.11 Å². The molecule has 0 fully saturated rings. The molecule has 0 aromatic heterocycles. The third-order valence-corrected chi connectivity index (χ3v) is 3.77. The first kappa shape index (κ1) is 18.4. The Bertz CT molecular complexity index is 533.